The van der Waals surface area contributed by atoms with E-state index < -0.39 is 5.63 Å². The van der Waals surface area contributed by atoms with Crippen LogP contribution in [0.5, 0.6) is 0 Å². The van der Waals surface area contributed by atoms with Gasteiger partial charge in [-0.1, -0.05) is 24.3 Å². The van der Waals surface area contributed by atoms with Gasteiger partial charge in [-0.25, -0.2) is 9.78 Å². The SMILES string of the molecule is O=C(Nc1cccc(-c2nc3ccccc3c(=O)o2)c1)c1cccc(I)c1. The van der Waals surface area contributed by atoms with Crippen LogP contribution in [0.1, 0.15) is 10.4 Å². The van der Waals surface area contributed by atoms with Gasteiger partial charge in [0.1, 0.15) is 0 Å². The monoisotopic (exact) mass is 468 g/mol. The molecule has 1 N–H and O–H groups in total. The molecule has 0 radical (unpaired) electrons. The molecular formula is C21H13IN2O3. The van der Waals surface area contributed by atoms with Gasteiger partial charge in [-0.05, 0) is 71.1 Å². The Bertz CT molecular complexity index is 1220. The number of benzene rings is 3. The van der Waals surface area contributed by atoms with Crippen molar-refractivity contribution in [1.29, 1.82) is 0 Å². The summed E-state index contributed by atoms with van der Waals surface area (Å²) in [7, 11) is 0. The van der Waals surface area contributed by atoms with Crippen LogP contribution in [0.25, 0.3) is 22.4 Å². The normalized spacial score (nSPS) is 10.7. The van der Waals surface area contributed by atoms with Gasteiger partial charge in [0.15, 0.2) is 0 Å². The molecular weight excluding hydrogens is 455 g/mol. The van der Waals surface area contributed by atoms with Crippen molar-refractivity contribution in [2.45, 2.75) is 0 Å². The van der Waals surface area contributed by atoms with Crippen molar-refractivity contribution in [2.24, 2.45) is 0 Å². The summed E-state index contributed by atoms with van der Waals surface area (Å²) in [6, 6.07) is 21.4. The van der Waals surface area contributed by atoms with Gasteiger partial charge in [-0.15, -0.1) is 0 Å². The zero-order valence-electron chi connectivity index (χ0n) is 14.0. The Labute approximate surface area is 168 Å². The fourth-order valence-corrected chi connectivity index (χ4v) is 3.25. The Kier molecular flexibility index (Phi) is 4.72. The molecule has 0 unspecified atom stereocenters. The molecule has 0 spiro atoms. The molecule has 0 atom stereocenters. The lowest BCUT2D eigenvalue weighted by Crippen LogP contribution is -2.12. The zero-order valence-corrected chi connectivity index (χ0v) is 16.1. The van der Waals surface area contributed by atoms with Crippen LogP contribution >= 0.6 is 22.6 Å². The molecule has 0 fully saturated rings. The second-order valence-electron chi connectivity index (χ2n) is 5.87. The highest BCUT2D eigenvalue weighted by atomic mass is 127. The third-order valence-electron chi connectivity index (χ3n) is 3.99. The van der Waals surface area contributed by atoms with Gasteiger partial charge < -0.3 is 9.73 Å². The first-order chi connectivity index (χ1) is 13.1. The van der Waals surface area contributed by atoms with E-state index in [0.717, 1.165) is 3.57 Å². The number of nitrogens with zero attached hydrogens (tertiary/aromatic N) is 1. The van der Waals surface area contributed by atoms with Gasteiger partial charge in [-0.2, -0.15) is 0 Å². The van der Waals surface area contributed by atoms with Crippen LogP contribution in [0, 0.1) is 3.57 Å². The first kappa shape index (κ1) is 17.4. The van der Waals surface area contributed by atoms with Gasteiger partial charge >= 0.3 is 5.63 Å². The molecule has 0 bridgehead atoms. The quantitative estimate of drug-likeness (QED) is 0.442. The summed E-state index contributed by atoms with van der Waals surface area (Å²) in [6.45, 7) is 0. The van der Waals surface area contributed by atoms with E-state index in [9.17, 15) is 9.59 Å². The number of amides is 1. The third kappa shape index (κ3) is 3.75. The second-order valence-corrected chi connectivity index (χ2v) is 7.11. The number of hydrogen-bond donors (Lipinski definition) is 1. The highest BCUT2D eigenvalue weighted by molar-refractivity contribution is 14.1. The minimum absolute atomic E-state index is 0.210. The molecule has 0 aliphatic heterocycles. The van der Waals surface area contributed by atoms with E-state index in [2.05, 4.69) is 32.9 Å². The summed E-state index contributed by atoms with van der Waals surface area (Å²) in [5.41, 5.74) is 1.90. The fraction of sp³-hybridized carbons (Fsp3) is 0. The molecule has 4 rings (SSSR count). The maximum atomic E-state index is 12.4. The topological polar surface area (TPSA) is 72.2 Å². The summed E-state index contributed by atoms with van der Waals surface area (Å²) in [6.07, 6.45) is 0. The lowest BCUT2D eigenvalue weighted by Gasteiger charge is -2.07. The predicted octanol–water partition coefficient (Wildman–Crippen LogP) is 4.71. The van der Waals surface area contributed by atoms with Gasteiger partial charge in [0.2, 0.25) is 5.89 Å². The molecule has 27 heavy (non-hydrogen) atoms. The number of carbonyl (C=O) groups is 1. The molecule has 1 amide bonds. The van der Waals surface area contributed by atoms with Crippen LogP contribution in [-0.4, -0.2) is 10.9 Å². The number of carbonyl (C=O) groups excluding carboxylic acids is 1. The van der Waals surface area contributed by atoms with Gasteiger partial charge in [-0.3, -0.25) is 4.79 Å². The smallest absolute Gasteiger partial charge is 0.347 e. The minimum Gasteiger partial charge on any atom is -0.403 e. The third-order valence-corrected chi connectivity index (χ3v) is 4.66. The Morgan fingerprint density at radius 3 is 2.63 bits per heavy atom. The summed E-state index contributed by atoms with van der Waals surface area (Å²) in [4.78, 5) is 29.0. The highest BCUT2D eigenvalue weighted by Crippen LogP contribution is 2.22. The van der Waals surface area contributed by atoms with Crippen molar-refractivity contribution in [2.75, 3.05) is 5.32 Å². The van der Waals surface area contributed by atoms with Crippen molar-refractivity contribution < 1.29 is 9.21 Å². The van der Waals surface area contributed by atoms with Crippen LogP contribution in [-0.2, 0) is 0 Å². The zero-order chi connectivity index (χ0) is 18.8. The first-order valence-electron chi connectivity index (χ1n) is 8.17. The van der Waals surface area contributed by atoms with Crippen LogP contribution < -0.4 is 10.9 Å². The lowest BCUT2D eigenvalue weighted by atomic mass is 10.1. The molecule has 6 heteroatoms. The standard InChI is InChI=1S/C21H13IN2O3/c22-15-7-3-5-13(11-15)19(25)23-16-8-4-6-14(12-16)20-24-18-10-2-1-9-17(18)21(26)27-20/h1-12H,(H,23,25). The van der Waals surface area contributed by atoms with Crippen LogP contribution in [0.3, 0.4) is 0 Å². The largest absolute Gasteiger partial charge is 0.403 e. The number of halogens is 1. The number of nitrogens with one attached hydrogen (secondary N) is 1. The summed E-state index contributed by atoms with van der Waals surface area (Å²) in [5.74, 6) is 0.00245. The number of para-hydroxylation sites is 1. The maximum absolute atomic E-state index is 12.4. The average Bonchev–Trinajstić information content (AvgIpc) is 2.68. The van der Waals surface area contributed by atoms with E-state index in [1.54, 1.807) is 48.5 Å². The van der Waals surface area contributed by atoms with E-state index in [4.69, 9.17) is 4.42 Å². The minimum atomic E-state index is -0.441. The molecule has 1 aromatic heterocycles. The second kappa shape index (κ2) is 7.32. The van der Waals surface area contributed by atoms with Gasteiger partial charge in [0.25, 0.3) is 5.91 Å². The molecule has 1 heterocycles. The Balaban J connectivity index is 1.67. The molecule has 0 aliphatic rings. The first-order valence-corrected chi connectivity index (χ1v) is 9.25. The number of rotatable bonds is 3. The number of anilines is 1. The summed E-state index contributed by atoms with van der Waals surface area (Å²) < 4.78 is 6.34. The van der Waals surface area contributed by atoms with E-state index >= 15 is 0 Å². The van der Waals surface area contributed by atoms with Gasteiger partial charge in [0.05, 0.1) is 10.9 Å². The summed E-state index contributed by atoms with van der Waals surface area (Å²) in [5, 5.41) is 3.29. The van der Waals surface area contributed by atoms with Crippen molar-refractivity contribution in [1.82, 2.24) is 4.98 Å². The number of hydrogen-bond acceptors (Lipinski definition) is 4. The Hall–Kier alpha value is -3.00. The Morgan fingerprint density at radius 1 is 0.963 bits per heavy atom. The van der Waals surface area contributed by atoms with Crippen molar-refractivity contribution in [3.63, 3.8) is 0 Å². The van der Waals surface area contributed by atoms with Crippen molar-refractivity contribution in [3.05, 3.63) is 92.4 Å². The number of aromatic nitrogens is 1. The summed E-state index contributed by atoms with van der Waals surface area (Å²) >= 11 is 2.16. The van der Waals surface area contributed by atoms with Crippen LogP contribution in [0.4, 0.5) is 5.69 Å². The average molecular weight is 468 g/mol. The van der Waals surface area contributed by atoms with Crippen LogP contribution in [0.2, 0.25) is 0 Å². The van der Waals surface area contributed by atoms with E-state index in [-0.39, 0.29) is 11.8 Å². The molecule has 3 aromatic carbocycles. The molecule has 0 saturated carbocycles. The molecule has 4 aromatic rings. The number of fused-ring (bicyclic) bond motifs is 1. The molecule has 132 valence electrons. The lowest BCUT2D eigenvalue weighted by molar-refractivity contribution is 0.102. The molecule has 0 aliphatic carbocycles. The molecule has 0 saturated heterocycles. The fourth-order valence-electron chi connectivity index (χ4n) is 2.71. The maximum Gasteiger partial charge on any atom is 0.347 e. The highest BCUT2D eigenvalue weighted by Gasteiger charge is 2.11. The molecule has 5 nitrogen and oxygen atoms in total. The van der Waals surface area contributed by atoms with Crippen molar-refractivity contribution >= 4 is 45.1 Å². The predicted molar refractivity (Wildman–Crippen MR) is 113 cm³/mol. The van der Waals surface area contributed by atoms with Crippen molar-refractivity contribution in [3.8, 4) is 11.5 Å². The Morgan fingerprint density at radius 2 is 1.78 bits per heavy atom. The van der Waals surface area contributed by atoms with E-state index in [1.807, 2.05) is 24.3 Å². The van der Waals surface area contributed by atoms with E-state index in [0.29, 0.717) is 27.7 Å². The van der Waals surface area contributed by atoms with Gasteiger partial charge in [0, 0.05) is 20.4 Å². The van der Waals surface area contributed by atoms with E-state index in [1.165, 1.54) is 0 Å². The van der Waals surface area contributed by atoms with Crippen LogP contribution in [0.15, 0.2) is 82.0 Å².